The first-order valence-corrected chi connectivity index (χ1v) is 9.42. The molecule has 1 N–H and O–H groups in total. The lowest BCUT2D eigenvalue weighted by atomic mass is 10.1. The van der Waals surface area contributed by atoms with Crippen molar-refractivity contribution in [1.82, 2.24) is 9.62 Å². The standard InChI is InChI=1S/C17H19N3O3S/c1-11-10-20(9-8-18-11)24(22,23)15-7-6-14-16-12(15)4-3-5-13(16)17(21)19(14)2/h3-7,11,18H,8-10H2,1-2H3. The fourth-order valence-electron chi connectivity index (χ4n) is 3.59. The van der Waals surface area contributed by atoms with Crippen molar-refractivity contribution in [1.29, 1.82) is 0 Å². The van der Waals surface area contributed by atoms with Crippen molar-refractivity contribution in [3.8, 4) is 0 Å². The predicted molar refractivity (Wildman–Crippen MR) is 92.9 cm³/mol. The van der Waals surface area contributed by atoms with E-state index in [0.29, 0.717) is 30.6 Å². The van der Waals surface area contributed by atoms with Crippen LogP contribution < -0.4 is 10.2 Å². The maximum Gasteiger partial charge on any atom is 0.258 e. The van der Waals surface area contributed by atoms with E-state index in [0.717, 1.165) is 11.1 Å². The molecule has 4 rings (SSSR count). The van der Waals surface area contributed by atoms with E-state index in [2.05, 4.69) is 5.32 Å². The highest BCUT2D eigenvalue weighted by Crippen LogP contribution is 2.39. The van der Waals surface area contributed by atoms with E-state index in [4.69, 9.17) is 0 Å². The SMILES string of the molecule is CC1CN(S(=O)(=O)c2ccc3c4c(cccc24)C(=O)N3C)CCN1. The van der Waals surface area contributed by atoms with Crippen LogP contribution in [0.2, 0.25) is 0 Å². The minimum absolute atomic E-state index is 0.0963. The summed E-state index contributed by atoms with van der Waals surface area (Å²) in [6.07, 6.45) is 0. The lowest BCUT2D eigenvalue weighted by molar-refractivity contribution is 0.0999. The molecule has 0 bridgehead atoms. The Morgan fingerprint density at radius 1 is 1.21 bits per heavy atom. The van der Waals surface area contributed by atoms with Gasteiger partial charge in [0.1, 0.15) is 0 Å². The highest BCUT2D eigenvalue weighted by atomic mass is 32.2. The van der Waals surface area contributed by atoms with Crippen LogP contribution in [0, 0.1) is 0 Å². The molecule has 1 amide bonds. The van der Waals surface area contributed by atoms with Crippen LogP contribution in [-0.2, 0) is 10.0 Å². The van der Waals surface area contributed by atoms with E-state index < -0.39 is 10.0 Å². The Hall–Kier alpha value is -1.96. The molecular formula is C17H19N3O3S. The summed E-state index contributed by atoms with van der Waals surface area (Å²) in [4.78, 5) is 14.2. The van der Waals surface area contributed by atoms with Crippen molar-refractivity contribution in [3.05, 3.63) is 35.9 Å². The average molecular weight is 345 g/mol. The summed E-state index contributed by atoms with van der Waals surface area (Å²) in [7, 11) is -1.89. The van der Waals surface area contributed by atoms with Gasteiger partial charge >= 0.3 is 0 Å². The van der Waals surface area contributed by atoms with Crippen LogP contribution in [0.25, 0.3) is 10.8 Å². The molecular weight excluding hydrogens is 326 g/mol. The van der Waals surface area contributed by atoms with Gasteiger partial charge in [-0.05, 0) is 25.1 Å². The van der Waals surface area contributed by atoms with Gasteiger partial charge in [-0.3, -0.25) is 4.79 Å². The highest BCUT2D eigenvalue weighted by molar-refractivity contribution is 7.89. The Kier molecular flexibility index (Phi) is 3.42. The quantitative estimate of drug-likeness (QED) is 0.894. The second-order valence-corrected chi connectivity index (χ2v) is 8.30. The first-order chi connectivity index (χ1) is 11.4. The van der Waals surface area contributed by atoms with E-state index in [-0.39, 0.29) is 16.8 Å². The molecule has 1 unspecified atom stereocenters. The lowest BCUT2D eigenvalue weighted by Gasteiger charge is -2.31. The molecule has 2 aromatic carbocycles. The van der Waals surface area contributed by atoms with Crippen LogP contribution in [0.1, 0.15) is 17.3 Å². The zero-order valence-corrected chi connectivity index (χ0v) is 14.4. The zero-order valence-electron chi connectivity index (χ0n) is 13.6. The normalized spacial score (nSPS) is 21.7. The summed E-state index contributed by atoms with van der Waals surface area (Å²) < 4.78 is 27.8. The molecule has 0 spiro atoms. The molecule has 6 nitrogen and oxygen atoms in total. The number of benzene rings is 2. The van der Waals surface area contributed by atoms with Crippen molar-refractivity contribution in [2.24, 2.45) is 0 Å². The first-order valence-electron chi connectivity index (χ1n) is 7.98. The van der Waals surface area contributed by atoms with E-state index in [1.54, 1.807) is 42.3 Å². The van der Waals surface area contributed by atoms with Crippen molar-refractivity contribution < 1.29 is 13.2 Å². The molecule has 1 fully saturated rings. The van der Waals surface area contributed by atoms with E-state index in [1.807, 2.05) is 6.92 Å². The third-order valence-corrected chi connectivity index (χ3v) is 6.75. The predicted octanol–water partition coefficient (Wildman–Crippen LogP) is 1.41. The Bertz CT molecular complexity index is 955. The van der Waals surface area contributed by atoms with Crippen LogP contribution in [0.15, 0.2) is 35.2 Å². The van der Waals surface area contributed by atoms with Gasteiger partial charge in [-0.25, -0.2) is 8.42 Å². The first kappa shape index (κ1) is 15.6. The summed E-state index contributed by atoms with van der Waals surface area (Å²) in [5.41, 5.74) is 1.33. The van der Waals surface area contributed by atoms with Crippen LogP contribution in [-0.4, -0.2) is 51.4 Å². The number of carbonyl (C=O) groups is 1. The van der Waals surface area contributed by atoms with E-state index in [9.17, 15) is 13.2 Å². The van der Waals surface area contributed by atoms with Gasteiger partial charge in [0.2, 0.25) is 10.0 Å². The Morgan fingerprint density at radius 3 is 2.75 bits per heavy atom. The number of sulfonamides is 1. The Balaban J connectivity index is 1.92. The summed E-state index contributed by atoms with van der Waals surface area (Å²) in [5, 5.41) is 4.61. The number of amides is 1. The average Bonchev–Trinajstić information content (AvgIpc) is 2.82. The molecule has 1 atom stereocenters. The maximum absolute atomic E-state index is 13.2. The summed E-state index contributed by atoms with van der Waals surface area (Å²) in [5.74, 6) is -0.0963. The second kappa shape index (κ2) is 5.27. The molecule has 24 heavy (non-hydrogen) atoms. The number of nitrogens with one attached hydrogen (secondary N) is 1. The van der Waals surface area contributed by atoms with Crippen LogP contribution in [0.3, 0.4) is 0 Å². The number of carbonyl (C=O) groups excluding carboxylic acids is 1. The monoisotopic (exact) mass is 345 g/mol. The third-order valence-electron chi connectivity index (χ3n) is 4.82. The minimum atomic E-state index is -3.60. The van der Waals surface area contributed by atoms with Gasteiger partial charge in [-0.2, -0.15) is 4.31 Å². The maximum atomic E-state index is 13.2. The van der Waals surface area contributed by atoms with Crippen LogP contribution in [0.4, 0.5) is 5.69 Å². The van der Waals surface area contributed by atoms with Gasteiger partial charge in [0.15, 0.2) is 0 Å². The van der Waals surface area contributed by atoms with E-state index in [1.165, 1.54) is 4.31 Å². The number of rotatable bonds is 2. The Morgan fingerprint density at radius 2 is 2.00 bits per heavy atom. The summed E-state index contributed by atoms with van der Waals surface area (Å²) in [6, 6.07) is 8.76. The molecule has 0 radical (unpaired) electrons. The van der Waals surface area contributed by atoms with Crippen molar-refractivity contribution in [2.75, 3.05) is 31.6 Å². The summed E-state index contributed by atoms with van der Waals surface area (Å²) in [6.45, 7) is 3.52. The highest BCUT2D eigenvalue weighted by Gasteiger charge is 2.33. The lowest BCUT2D eigenvalue weighted by Crippen LogP contribution is -2.51. The number of hydrogen-bond acceptors (Lipinski definition) is 4. The Labute approximate surface area is 141 Å². The third kappa shape index (κ3) is 2.08. The fourth-order valence-corrected chi connectivity index (χ4v) is 5.31. The molecule has 2 aliphatic heterocycles. The van der Waals surface area contributed by atoms with Gasteiger partial charge in [-0.15, -0.1) is 0 Å². The van der Waals surface area contributed by atoms with Crippen molar-refractivity contribution in [3.63, 3.8) is 0 Å². The molecule has 0 aliphatic carbocycles. The molecule has 2 aliphatic rings. The molecule has 7 heteroatoms. The zero-order chi connectivity index (χ0) is 17.1. The summed E-state index contributed by atoms with van der Waals surface area (Å²) >= 11 is 0. The second-order valence-electron chi connectivity index (χ2n) is 6.39. The molecule has 2 heterocycles. The number of nitrogens with zero attached hydrogens (tertiary/aromatic N) is 2. The van der Waals surface area contributed by atoms with E-state index >= 15 is 0 Å². The number of piperazine rings is 1. The molecule has 126 valence electrons. The van der Waals surface area contributed by atoms with Crippen molar-refractivity contribution in [2.45, 2.75) is 17.9 Å². The molecule has 1 saturated heterocycles. The molecule has 2 aromatic rings. The van der Waals surface area contributed by atoms with Gasteiger partial charge in [0, 0.05) is 49.1 Å². The fraction of sp³-hybridized carbons (Fsp3) is 0.353. The van der Waals surface area contributed by atoms with Gasteiger partial charge in [-0.1, -0.05) is 12.1 Å². The number of hydrogen-bond donors (Lipinski definition) is 1. The van der Waals surface area contributed by atoms with Crippen LogP contribution >= 0.6 is 0 Å². The van der Waals surface area contributed by atoms with Gasteiger partial charge < -0.3 is 10.2 Å². The molecule has 0 aromatic heterocycles. The smallest absolute Gasteiger partial charge is 0.258 e. The molecule has 0 saturated carbocycles. The minimum Gasteiger partial charge on any atom is -0.312 e. The van der Waals surface area contributed by atoms with Gasteiger partial charge in [0.05, 0.1) is 10.6 Å². The topological polar surface area (TPSA) is 69.7 Å². The largest absolute Gasteiger partial charge is 0.312 e. The number of anilines is 1. The van der Waals surface area contributed by atoms with Crippen LogP contribution in [0.5, 0.6) is 0 Å². The van der Waals surface area contributed by atoms with Crippen molar-refractivity contribution >= 4 is 32.4 Å². The van der Waals surface area contributed by atoms with Gasteiger partial charge in [0.25, 0.3) is 5.91 Å².